The zero-order valence-electron chi connectivity index (χ0n) is 19.1. The molecule has 35 heavy (non-hydrogen) atoms. The van der Waals surface area contributed by atoms with Gasteiger partial charge in [-0.15, -0.1) is 0 Å². The molecule has 190 valence electrons. The van der Waals surface area contributed by atoms with Gasteiger partial charge in [0.1, 0.15) is 18.8 Å². The van der Waals surface area contributed by atoms with E-state index in [4.69, 9.17) is 25.3 Å². The quantitative estimate of drug-likeness (QED) is 0.241. The summed E-state index contributed by atoms with van der Waals surface area (Å²) in [5, 5.41) is 41.0. The number of amides is 1. The fourth-order valence-corrected chi connectivity index (χ4v) is 4.19. The molecule has 0 radical (unpaired) electrons. The number of nitrogens with zero attached hydrogens (tertiary/aromatic N) is 6. The average Bonchev–Trinajstić information content (AvgIpc) is 2.85. The van der Waals surface area contributed by atoms with Gasteiger partial charge in [0.25, 0.3) is 0 Å². The second-order valence-corrected chi connectivity index (χ2v) is 8.54. The van der Waals surface area contributed by atoms with Gasteiger partial charge < -0.3 is 34.8 Å². The number of rotatable bonds is 8. The zero-order chi connectivity index (χ0) is 25.4. The third kappa shape index (κ3) is 6.96. The Morgan fingerprint density at radius 3 is 2.51 bits per heavy atom. The van der Waals surface area contributed by atoms with Crippen LogP contribution in [-0.4, -0.2) is 76.3 Å². The molecule has 0 unspecified atom stereocenters. The monoisotopic (exact) mass is 491 g/mol. The summed E-state index contributed by atoms with van der Waals surface area (Å²) in [7, 11) is 0. The van der Waals surface area contributed by atoms with E-state index in [9.17, 15) is 20.1 Å². The van der Waals surface area contributed by atoms with Crippen LogP contribution in [0.5, 0.6) is 0 Å². The lowest BCUT2D eigenvalue weighted by atomic mass is 9.84. The van der Waals surface area contributed by atoms with Crippen LogP contribution in [0.1, 0.15) is 31.7 Å². The molecular formula is C21H29N7O7. The van der Waals surface area contributed by atoms with E-state index in [1.807, 2.05) is 30.3 Å². The van der Waals surface area contributed by atoms with E-state index in [1.165, 1.54) is 0 Å². The Morgan fingerprint density at radius 2 is 1.83 bits per heavy atom. The Kier molecular flexibility index (Phi) is 9.52. The van der Waals surface area contributed by atoms with Gasteiger partial charge >= 0.3 is 6.09 Å². The molecule has 3 rings (SSSR count). The van der Waals surface area contributed by atoms with Crippen molar-refractivity contribution in [3.63, 3.8) is 0 Å². The largest absolute Gasteiger partial charge is 0.445 e. The van der Waals surface area contributed by atoms with Gasteiger partial charge in [-0.25, -0.2) is 4.79 Å². The highest BCUT2D eigenvalue weighted by molar-refractivity contribution is 5.67. The first-order chi connectivity index (χ1) is 16.8. The molecular weight excluding hydrogens is 462 g/mol. The highest BCUT2D eigenvalue weighted by Gasteiger charge is 2.46. The first kappa shape index (κ1) is 26.5. The van der Waals surface area contributed by atoms with Crippen molar-refractivity contribution in [1.29, 1.82) is 0 Å². The maximum absolute atomic E-state index is 12.2. The number of carbonyl (C=O) groups excluding carboxylic acids is 1. The first-order valence-electron chi connectivity index (χ1n) is 11.2. The molecule has 1 aliphatic heterocycles. The maximum atomic E-state index is 12.2. The second-order valence-electron chi connectivity index (χ2n) is 8.54. The molecule has 2 aliphatic rings. The number of carbonyl (C=O) groups is 1. The van der Waals surface area contributed by atoms with Gasteiger partial charge in [-0.05, 0) is 42.8 Å². The Balaban J connectivity index is 1.59. The lowest BCUT2D eigenvalue weighted by molar-refractivity contribution is -0.281. The minimum absolute atomic E-state index is 0.0610. The molecule has 1 saturated carbocycles. The lowest BCUT2D eigenvalue weighted by Crippen LogP contribution is -2.58. The van der Waals surface area contributed by atoms with E-state index >= 15 is 0 Å². The van der Waals surface area contributed by atoms with E-state index < -0.39 is 61.0 Å². The molecule has 1 aliphatic carbocycles. The normalized spacial score (nSPS) is 33.5. The number of hydrogen-bond donors (Lipinski definition) is 4. The summed E-state index contributed by atoms with van der Waals surface area (Å²) in [4.78, 5) is 17.6. The van der Waals surface area contributed by atoms with Gasteiger partial charge in [-0.3, -0.25) is 0 Å². The first-order valence-corrected chi connectivity index (χ1v) is 11.2. The van der Waals surface area contributed by atoms with Gasteiger partial charge in [0.15, 0.2) is 6.29 Å². The van der Waals surface area contributed by atoms with Crippen molar-refractivity contribution in [1.82, 2.24) is 5.32 Å². The molecule has 1 saturated heterocycles. The molecule has 0 aromatic heterocycles. The SMILES string of the molecule is C[C@@H](NC(=O)OCc1ccccc1)[C@@H]1CC[C@@H](O)[C@@H](O[C@H]2[C@H](O)[C@@H](O)[C@H](N=[N+]=[N-])C[C@@H]2N=[N+]=[N-])O1. The molecule has 1 heterocycles. The summed E-state index contributed by atoms with van der Waals surface area (Å²) in [6.45, 7) is 1.82. The third-order valence-corrected chi connectivity index (χ3v) is 6.12. The van der Waals surface area contributed by atoms with Crippen LogP contribution in [0.4, 0.5) is 4.79 Å². The lowest BCUT2D eigenvalue weighted by Gasteiger charge is -2.43. The Bertz CT molecular complexity index is 941. The van der Waals surface area contributed by atoms with E-state index in [2.05, 4.69) is 25.4 Å². The summed E-state index contributed by atoms with van der Waals surface area (Å²) in [5.41, 5.74) is 18.4. The third-order valence-electron chi connectivity index (χ3n) is 6.12. The maximum Gasteiger partial charge on any atom is 0.407 e. The number of hydrogen-bond acceptors (Lipinski definition) is 9. The summed E-state index contributed by atoms with van der Waals surface area (Å²) in [6.07, 6.45) is -7.08. The Hall–Kier alpha value is -3.09. The highest BCUT2D eigenvalue weighted by Crippen LogP contribution is 2.31. The topological polar surface area (TPSA) is 215 Å². The van der Waals surface area contributed by atoms with Crippen molar-refractivity contribution >= 4 is 6.09 Å². The summed E-state index contributed by atoms with van der Waals surface area (Å²) in [5.74, 6) is 0. The number of nitrogens with one attached hydrogen (secondary N) is 1. The number of azide groups is 2. The summed E-state index contributed by atoms with van der Waals surface area (Å²) in [6, 6.07) is 6.72. The van der Waals surface area contributed by atoms with Crippen LogP contribution in [0.2, 0.25) is 0 Å². The smallest absolute Gasteiger partial charge is 0.407 e. The van der Waals surface area contributed by atoms with Gasteiger partial charge in [0.2, 0.25) is 0 Å². The molecule has 14 heteroatoms. The number of alkyl carbamates (subject to hydrolysis) is 1. The van der Waals surface area contributed by atoms with Crippen molar-refractivity contribution in [2.75, 3.05) is 0 Å². The van der Waals surface area contributed by atoms with Crippen LogP contribution >= 0.6 is 0 Å². The van der Waals surface area contributed by atoms with Gasteiger partial charge in [0.05, 0.1) is 36.4 Å². The minimum Gasteiger partial charge on any atom is -0.445 e. The summed E-state index contributed by atoms with van der Waals surface area (Å²) >= 11 is 0. The Labute approximate surface area is 201 Å². The van der Waals surface area contributed by atoms with Crippen LogP contribution in [0.15, 0.2) is 40.6 Å². The molecule has 2 fully saturated rings. The van der Waals surface area contributed by atoms with E-state index in [1.54, 1.807) is 6.92 Å². The highest BCUT2D eigenvalue weighted by atomic mass is 16.7. The second kappa shape index (κ2) is 12.6. The summed E-state index contributed by atoms with van der Waals surface area (Å²) < 4.78 is 16.9. The van der Waals surface area contributed by atoms with Crippen molar-refractivity contribution in [3.05, 3.63) is 56.8 Å². The zero-order valence-corrected chi connectivity index (χ0v) is 19.1. The van der Waals surface area contributed by atoms with Crippen LogP contribution in [0, 0.1) is 0 Å². The fourth-order valence-electron chi connectivity index (χ4n) is 4.19. The standard InChI is InChI=1S/C21H29N7O7/c1-11(24-21(32)33-10-12-5-3-2-4-6-12)16-8-7-15(29)20(34-16)35-19-14(26-28-23)9-13(25-27-22)17(30)18(19)31/h2-6,11,13-20,29-31H,7-10H2,1H3,(H,24,32)/t11-,13-,14+,15-,16+,17+,18-,19-,20-/m1/s1. The molecule has 1 aromatic rings. The molecule has 1 aromatic carbocycles. The fraction of sp³-hybridized carbons (Fsp3) is 0.667. The molecule has 0 spiro atoms. The van der Waals surface area contributed by atoms with E-state index in [-0.39, 0.29) is 19.4 Å². The van der Waals surface area contributed by atoms with E-state index in [0.29, 0.717) is 6.42 Å². The van der Waals surface area contributed by atoms with Crippen molar-refractivity contribution < 1.29 is 34.3 Å². The van der Waals surface area contributed by atoms with Gasteiger partial charge in [-0.1, -0.05) is 40.6 Å². The average molecular weight is 492 g/mol. The van der Waals surface area contributed by atoms with Crippen LogP contribution in [0.3, 0.4) is 0 Å². The van der Waals surface area contributed by atoms with Crippen molar-refractivity contribution in [3.8, 4) is 0 Å². The predicted octanol–water partition coefficient (Wildman–Crippen LogP) is 2.04. The van der Waals surface area contributed by atoms with E-state index in [0.717, 1.165) is 5.56 Å². The molecule has 9 atom stereocenters. The predicted molar refractivity (Wildman–Crippen MR) is 120 cm³/mol. The van der Waals surface area contributed by atoms with Crippen LogP contribution in [-0.2, 0) is 20.8 Å². The molecule has 1 amide bonds. The molecule has 0 bridgehead atoms. The van der Waals surface area contributed by atoms with Gasteiger partial charge in [0, 0.05) is 9.82 Å². The molecule has 4 N–H and O–H groups in total. The number of aliphatic hydroxyl groups is 3. The van der Waals surface area contributed by atoms with Crippen molar-refractivity contribution in [2.45, 2.75) is 87.7 Å². The van der Waals surface area contributed by atoms with Crippen LogP contribution < -0.4 is 5.32 Å². The number of ether oxygens (including phenoxy) is 3. The minimum atomic E-state index is -1.56. The van der Waals surface area contributed by atoms with Gasteiger partial charge in [-0.2, -0.15) is 0 Å². The van der Waals surface area contributed by atoms with Crippen LogP contribution in [0.25, 0.3) is 20.9 Å². The Morgan fingerprint density at radius 1 is 1.14 bits per heavy atom. The molecule has 14 nitrogen and oxygen atoms in total. The number of benzene rings is 1. The van der Waals surface area contributed by atoms with Crippen molar-refractivity contribution in [2.24, 2.45) is 10.2 Å². The number of aliphatic hydroxyl groups excluding tert-OH is 3.